The van der Waals surface area contributed by atoms with E-state index in [1.54, 1.807) is 0 Å². The second kappa shape index (κ2) is 13.1. The molecule has 0 aromatic heterocycles. The van der Waals surface area contributed by atoms with Gasteiger partial charge < -0.3 is 9.47 Å². The standard InChI is InChI=1S/C20H30O2S/c1-3-5-7-8-9-11-15-18(14-6-4-2)21-20(23)22-19-16-12-10-13-17-19/h7-8,10,12-13,16-18H,3-6,9,11,14-15H2,1-2H3/b8-7-. The Morgan fingerprint density at radius 3 is 2.39 bits per heavy atom. The molecule has 0 fully saturated rings. The van der Waals surface area contributed by atoms with Crippen molar-refractivity contribution >= 4 is 17.5 Å². The highest BCUT2D eigenvalue weighted by Crippen LogP contribution is 2.16. The van der Waals surface area contributed by atoms with E-state index in [1.165, 1.54) is 19.3 Å². The van der Waals surface area contributed by atoms with Gasteiger partial charge in [0.25, 0.3) is 0 Å². The van der Waals surface area contributed by atoms with Crippen molar-refractivity contribution in [2.45, 2.75) is 71.3 Å². The Labute approximate surface area is 146 Å². The van der Waals surface area contributed by atoms with Gasteiger partial charge in [0.15, 0.2) is 0 Å². The average Bonchev–Trinajstić information content (AvgIpc) is 2.56. The maximum absolute atomic E-state index is 5.87. The Morgan fingerprint density at radius 2 is 1.70 bits per heavy atom. The number of thiocarbonyl (C=S) groups is 1. The topological polar surface area (TPSA) is 18.5 Å². The van der Waals surface area contributed by atoms with E-state index in [9.17, 15) is 0 Å². The number of para-hydroxylation sites is 1. The number of ether oxygens (including phenoxy) is 2. The maximum atomic E-state index is 5.87. The van der Waals surface area contributed by atoms with Crippen LogP contribution >= 0.6 is 12.2 Å². The lowest BCUT2D eigenvalue weighted by atomic mass is 10.1. The molecule has 0 aliphatic heterocycles. The maximum Gasteiger partial charge on any atom is 0.358 e. The van der Waals surface area contributed by atoms with Crippen LogP contribution in [0.25, 0.3) is 0 Å². The molecule has 0 amide bonds. The molecule has 0 bridgehead atoms. The molecule has 0 aliphatic carbocycles. The molecule has 0 spiro atoms. The summed E-state index contributed by atoms with van der Waals surface area (Å²) in [4.78, 5) is 0. The van der Waals surface area contributed by atoms with Crippen molar-refractivity contribution in [1.82, 2.24) is 0 Å². The zero-order valence-electron chi connectivity index (χ0n) is 14.5. The van der Waals surface area contributed by atoms with Crippen LogP contribution in [0.3, 0.4) is 0 Å². The molecule has 23 heavy (non-hydrogen) atoms. The molecule has 3 heteroatoms. The third kappa shape index (κ3) is 10.1. The van der Waals surface area contributed by atoms with Crippen LogP contribution in [0.5, 0.6) is 5.75 Å². The highest BCUT2D eigenvalue weighted by molar-refractivity contribution is 7.79. The van der Waals surface area contributed by atoms with Crippen LogP contribution in [0.2, 0.25) is 0 Å². The van der Waals surface area contributed by atoms with Gasteiger partial charge in [-0.3, -0.25) is 0 Å². The molecule has 1 atom stereocenters. The Kier molecular flexibility index (Phi) is 11.2. The SMILES string of the molecule is CCC/C=C\CCCC(CCCC)OC(=S)Oc1ccccc1. The average molecular weight is 335 g/mol. The van der Waals surface area contributed by atoms with Gasteiger partial charge in [-0.1, -0.05) is 63.5 Å². The molecule has 1 aromatic rings. The molecular formula is C20H30O2S. The number of hydrogen-bond donors (Lipinski definition) is 0. The van der Waals surface area contributed by atoms with Gasteiger partial charge in [0.05, 0.1) is 0 Å². The van der Waals surface area contributed by atoms with Gasteiger partial charge in [0, 0.05) is 12.2 Å². The summed E-state index contributed by atoms with van der Waals surface area (Å²) >= 11 is 5.24. The van der Waals surface area contributed by atoms with Crippen molar-refractivity contribution in [3.63, 3.8) is 0 Å². The lowest BCUT2D eigenvalue weighted by molar-refractivity contribution is 0.134. The van der Waals surface area contributed by atoms with Crippen LogP contribution in [-0.2, 0) is 4.74 Å². The molecule has 1 unspecified atom stereocenters. The van der Waals surface area contributed by atoms with Crippen molar-refractivity contribution in [2.24, 2.45) is 0 Å². The summed E-state index contributed by atoms with van der Waals surface area (Å²) in [6.07, 6.45) is 13.7. The molecule has 0 aliphatic rings. The van der Waals surface area contributed by atoms with Crippen LogP contribution in [-0.4, -0.2) is 11.3 Å². The summed E-state index contributed by atoms with van der Waals surface area (Å²) in [5, 5.41) is 0.235. The number of hydrogen-bond acceptors (Lipinski definition) is 3. The summed E-state index contributed by atoms with van der Waals surface area (Å²) in [7, 11) is 0. The normalized spacial score (nSPS) is 12.3. The minimum Gasteiger partial charge on any atom is -0.453 e. The summed E-state index contributed by atoms with van der Waals surface area (Å²) in [5.41, 5.74) is 0. The highest BCUT2D eigenvalue weighted by Gasteiger charge is 2.12. The zero-order chi connectivity index (χ0) is 16.8. The quantitative estimate of drug-likeness (QED) is 0.263. The van der Waals surface area contributed by atoms with Gasteiger partial charge >= 0.3 is 5.24 Å². The predicted octanol–water partition coefficient (Wildman–Crippen LogP) is 6.45. The van der Waals surface area contributed by atoms with E-state index in [0.29, 0.717) is 0 Å². The van der Waals surface area contributed by atoms with E-state index >= 15 is 0 Å². The van der Waals surface area contributed by atoms with Gasteiger partial charge in [-0.2, -0.15) is 0 Å². The summed E-state index contributed by atoms with van der Waals surface area (Å²) in [6, 6.07) is 9.57. The Bertz CT molecular complexity index is 442. The van der Waals surface area contributed by atoms with Crippen LogP contribution in [0.1, 0.15) is 65.2 Å². The predicted molar refractivity (Wildman–Crippen MR) is 102 cm³/mol. The minimum absolute atomic E-state index is 0.158. The first-order valence-corrected chi connectivity index (χ1v) is 9.25. The lowest BCUT2D eigenvalue weighted by Crippen LogP contribution is -2.20. The van der Waals surface area contributed by atoms with E-state index in [0.717, 1.165) is 37.9 Å². The molecule has 0 radical (unpaired) electrons. The van der Waals surface area contributed by atoms with Crippen molar-refractivity contribution in [3.8, 4) is 5.75 Å². The van der Waals surface area contributed by atoms with Gasteiger partial charge in [0.1, 0.15) is 11.9 Å². The lowest BCUT2D eigenvalue weighted by Gasteiger charge is -2.19. The smallest absolute Gasteiger partial charge is 0.358 e. The van der Waals surface area contributed by atoms with Crippen LogP contribution in [0.4, 0.5) is 0 Å². The fourth-order valence-electron chi connectivity index (χ4n) is 2.30. The van der Waals surface area contributed by atoms with E-state index in [-0.39, 0.29) is 11.3 Å². The van der Waals surface area contributed by atoms with Gasteiger partial charge in [-0.15, -0.1) is 0 Å². The number of benzene rings is 1. The van der Waals surface area contributed by atoms with E-state index in [2.05, 4.69) is 26.0 Å². The summed E-state index contributed by atoms with van der Waals surface area (Å²) in [6.45, 7) is 4.40. The molecular weight excluding hydrogens is 304 g/mol. The van der Waals surface area contributed by atoms with Crippen LogP contribution in [0.15, 0.2) is 42.5 Å². The minimum atomic E-state index is 0.158. The molecule has 0 N–H and O–H groups in total. The molecule has 0 saturated heterocycles. The molecule has 1 rings (SSSR count). The summed E-state index contributed by atoms with van der Waals surface area (Å²) < 4.78 is 11.4. The first kappa shape index (κ1) is 19.7. The van der Waals surface area contributed by atoms with E-state index < -0.39 is 0 Å². The molecule has 0 heterocycles. The third-order valence-electron chi connectivity index (χ3n) is 3.61. The van der Waals surface area contributed by atoms with E-state index in [4.69, 9.17) is 21.7 Å². The molecule has 128 valence electrons. The van der Waals surface area contributed by atoms with Crippen molar-refractivity contribution in [2.75, 3.05) is 0 Å². The first-order valence-electron chi connectivity index (χ1n) is 8.84. The van der Waals surface area contributed by atoms with Gasteiger partial charge in [-0.25, -0.2) is 0 Å². The van der Waals surface area contributed by atoms with Crippen molar-refractivity contribution in [1.29, 1.82) is 0 Å². The molecule has 0 saturated carbocycles. The second-order valence-corrected chi connectivity index (χ2v) is 6.07. The molecule has 2 nitrogen and oxygen atoms in total. The van der Waals surface area contributed by atoms with Crippen LogP contribution < -0.4 is 4.74 Å². The van der Waals surface area contributed by atoms with Gasteiger partial charge in [-0.05, 0) is 44.2 Å². The third-order valence-corrected chi connectivity index (χ3v) is 3.79. The Morgan fingerprint density at radius 1 is 1.00 bits per heavy atom. The largest absolute Gasteiger partial charge is 0.453 e. The zero-order valence-corrected chi connectivity index (χ0v) is 15.3. The van der Waals surface area contributed by atoms with Gasteiger partial charge in [0.2, 0.25) is 0 Å². The molecule has 1 aromatic carbocycles. The number of allylic oxidation sites excluding steroid dienone is 2. The van der Waals surface area contributed by atoms with Crippen molar-refractivity contribution < 1.29 is 9.47 Å². The summed E-state index contributed by atoms with van der Waals surface area (Å²) in [5.74, 6) is 0.731. The van der Waals surface area contributed by atoms with Crippen LogP contribution in [0, 0.1) is 0 Å². The Balaban J connectivity index is 2.35. The number of rotatable bonds is 11. The fraction of sp³-hybridized carbons (Fsp3) is 0.550. The monoisotopic (exact) mass is 334 g/mol. The van der Waals surface area contributed by atoms with E-state index in [1.807, 2.05) is 30.3 Å². The Hall–Kier alpha value is -1.35. The highest BCUT2D eigenvalue weighted by atomic mass is 32.1. The first-order chi connectivity index (χ1) is 11.3. The second-order valence-electron chi connectivity index (χ2n) is 5.74. The number of unbranched alkanes of at least 4 members (excludes halogenated alkanes) is 3. The fourth-order valence-corrected chi connectivity index (χ4v) is 2.54. The van der Waals surface area contributed by atoms with Crippen molar-refractivity contribution in [3.05, 3.63) is 42.5 Å².